The Labute approximate surface area is 150 Å². The number of fused-ring (bicyclic) bond motifs is 2. The summed E-state index contributed by atoms with van der Waals surface area (Å²) >= 11 is 0. The van der Waals surface area contributed by atoms with Crippen LogP contribution in [0.1, 0.15) is 23.0 Å². The SMILES string of the molecule is CCOC(=O)c1cc2ccc(C#N)cc2n1-c1ccc2ccccc2c1. The zero-order valence-corrected chi connectivity index (χ0v) is 14.3. The minimum atomic E-state index is -0.379. The van der Waals surface area contributed by atoms with Crippen molar-refractivity contribution in [1.29, 1.82) is 5.26 Å². The van der Waals surface area contributed by atoms with Crippen molar-refractivity contribution in [3.63, 3.8) is 0 Å². The standard InChI is InChI=1S/C22H16N2O2/c1-2-26-22(25)21-13-18-8-7-15(14-23)11-20(18)24(21)19-10-9-16-5-3-4-6-17(16)12-19/h3-13H,2H2,1H3. The van der Waals surface area contributed by atoms with Crippen LogP contribution in [-0.2, 0) is 4.74 Å². The molecule has 1 heterocycles. The fraction of sp³-hybridized carbons (Fsp3) is 0.0909. The zero-order chi connectivity index (χ0) is 18.1. The summed E-state index contributed by atoms with van der Waals surface area (Å²) in [5, 5.41) is 12.3. The minimum absolute atomic E-state index is 0.307. The van der Waals surface area contributed by atoms with Crippen LogP contribution < -0.4 is 0 Å². The van der Waals surface area contributed by atoms with E-state index in [2.05, 4.69) is 6.07 Å². The molecule has 3 aromatic carbocycles. The molecule has 4 nitrogen and oxygen atoms in total. The van der Waals surface area contributed by atoms with E-state index in [0.717, 1.165) is 27.4 Å². The number of hydrogen-bond acceptors (Lipinski definition) is 3. The van der Waals surface area contributed by atoms with Gasteiger partial charge in [0.25, 0.3) is 0 Å². The second-order valence-electron chi connectivity index (χ2n) is 6.00. The molecule has 0 fully saturated rings. The maximum atomic E-state index is 12.5. The van der Waals surface area contributed by atoms with Crippen molar-refractivity contribution in [3.05, 3.63) is 78.0 Å². The van der Waals surface area contributed by atoms with Gasteiger partial charge in [-0.05, 0) is 48.0 Å². The lowest BCUT2D eigenvalue weighted by Crippen LogP contribution is -2.11. The highest BCUT2D eigenvalue weighted by Crippen LogP contribution is 2.28. The lowest BCUT2D eigenvalue weighted by molar-refractivity contribution is 0.0517. The van der Waals surface area contributed by atoms with Crippen molar-refractivity contribution >= 4 is 27.6 Å². The lowest BCUT2D eigenvalue weighted by Gasteiger charge is -2.11. The molecule has 4 rings (SSSR count). The van der Waals surface area contributed by atoms with Crippen LogP contribution in [0, 0.1) is 11.3 Å². The molecule has 0 aliphatic rings. The Balaban J connectivity index is 2.02. The van der Waals surface area contributed by atoms with E-state index >= 15 is 0 Å². The van der Waals surface area contributed by atoms with Crippen LogP contribution in [0.15, 0.2) is 66.7 Å². The summed E-state index contributed by atoms with van der Waals surface area (Å²) in [6, 6.07) is 23.5. The van der Waals surface area contributed by atoms with Crippen LogP contribution in [-0.4, -0.2) is 17.1 Å². The lowest BCUT2D eigenvalue weighted by atomic mass is 10.1. The summed E-state index contributed by atoms with van der Waals surface area (Å²) in [5.41, 5.74) is 2.67. The number of hydrogen-bond donors (Lipinski definition) is 0. The van der Waals surface area contributed by atoms with E-state index in [1.54, 1.807) is 19.1 Å². The first-order valence-electron chi connectivity index (χ1n) is 8.43. The molecule has 26 heavy (non-hydrogen) atoms. The predicted octanol–water partition coefficient (Wildman–Crippen LogP) is 4.83. The van der Waals surface area contributed by atoms with Crippen molar-refractivity contribution in [1.82, 2.24) is 4.57 Å². The summed E-state index contributed by atoms with van der Waals surface area (Å²) in [6.07, 6.45) is 0. The quantitative estimate of drug-likeness (QED) is 0.502. The van der Waals surface area contributed by atoms with Gasteiger partial charge in [-0.15, -0.1) is 0 Å². The minimum Gasteiger partial charge on any atom is -0.461 e. The fourth-order valence-corrected chi connectivity index (χ4v) is 3.22. The van der Waals surface area contributed by atoms with E-state index in [1.807, 2.05) is 59.2 Å². The molecular formula is C22H16N2O2. The van der Waals surface area contributed by atoms with Gasteiger partial charge < -0.3 is 9.30 Å². The van der Waals surface area contributed by atoms with Gasteiger partial charge in [-0.1, -0.05) is 36.4 Å². The Morgan fingerprint density at radius 1 is 1.00 bits per heavy atom. The molecule has 4 heteroatoms. The zero-order valence-electron chi connectivity index (χ0n) is 14.3. The highest BCUT2D eigenvalue weighted by molar-refractivity contribution is 5.98. The number of benzene rings is 3. The predicted molar refractivity (Wildman–Crippen MR) is 101 cm³/mol. The molecule has 0 unspecified atom stereocenters. The molecule has 0 saturated carbocycles. The van der Waals surface area contributed by atoms with Crippen LogP contribution >= 0.6 is 0 Å². The number of carbonyl (C=O) groups is 1. The van der Waals surface area contributed by atoms with Crippen LogP contribution in [0.4, 0.5) is 0 Å². The third-order valence-electron chi connectivity index (χ3n) is 4.41. The van der Waals surface area contributed by atoms with Crippen molar-refractivity contribution in [2.24, 2.45) is 0 Å². The highest BCUT2D eigenvalue weighted by Gasteiger charge is 2.18. The van der Waals surface area contributed by atoms with Gasteiger partial charge in [0.15, 0.2) is 0 Å². The summed E-state index contributed by atoms with van der Waals surface area (Å²) in [5.74, 6) is -0.379. The fourth-order valence-electron chi connectivity index (χ4n) is 3.22. The van der Waals surface area contributed by atoms with Gasteiger partial charge >= 0.3 is 5.97 Å². The van der Waals surface area contributed by atoms with Crippen molar-refractivity contribution < 1.29 is 9.53 Å². The summed E-state index contributed by atoms with van der Waals surface area (Å²) in [7, 11) is 0. The number of nitriles is 1. The van der Waals surface area contributed by atoms with Crippen molar-refractivity contribution in [2.75, 3.05) is 6.61 Å². The Bertz CT molecular complexity index is 1180. The van der Waals surface area contributed by atoms with Crippen LogP contribution in [0.2, 0.25) is 0 Å². The van der Waals surface area contributed by atoms with E-state index in [1.165, 1.54) is 0 Å². The first kappa shape index (κ1) is 15.9. The van der Waals surface area contributed by atoms with Gasteiger partial charge in [-0.25, -0.2) is 4.79 Å². The monoisotopic (exact) mass is 340 g/mol. The molecule has 0 atom stereocenters. The van der Waals surface area contributed by atoms with E-state index in [9.17, 15) is 10.1 Å². The molecule has 0 amide bonds. The summed E-state index contributed by atoms with van der Waals surface area (Å²) in [6.45, 7) is 2.09. The van der Waals surface area contributed by atoms with Crippen LogP contribution in [0.5, 0.6) is 0 Å². The number of nitrogens with zero attached hydrogens (tertiary/aromatic N) is 2. The van der Waals surface area contributed by atoms with Crippen LogP contribution in [0.3, 0.4) is 0 Å². The first-order chi connectivity index (χ1) is 12.7. The number of rotatable bonds is 3. The average molecular weight is 340 g/mol. The number of carbonyl (C=O) groups excluding carboxylic acids is 1. The van der Waals surface area contributed by atoms with E-state index in [0.29, 0.717) is 17.9 Å². The summed E-state index contributed by atoms with van der Waals surface area (Å²) in [4.78, 5) is 12.5. The Morgan fingerprint density at radius 2 is 1.77 bits per heavy atom. The molecule has 0 saturated heterocycles. The van der Waals surface area contributed by atoms with E-state index in [-0.39, 0.29) is 5.97 Å². The molecule has 0 aliphatic carbocycles. The normalized spacial score (nSPS) is 10.8. The third kappa shape index (κ3) is 2.60. The van der Waals surface area contributed by atoms with Gasteiger partial charge in [0.05, 0.1) is 23.8 Å². The van der Waals surface area contributed by atoms with Gasteiger partial charge in [-0.2, -0.15) is 5.26 Å². The second-order valence-corrected chi connectivity index (χ2v) is 6.00. The first-order valence-corrected chi connectivity index (χ1v) is 8.43. The molecule has 1 aromatic heterocycles. The average Bonchev–Trinajstić information content (AvgIpc) is 3.06. The van der Waals surface area contributed by atoms with E-state index in [4.69, 9.17) is 4.74 Å². The third-order valence-corrected chi connectivity index (χ3v) is 4.41. The smallest absolute Gasteiger partial charge is 0.355 e. The van der Waals surface area contributed by atoms with Crippen molar-refractivity contribution in [3.8, 4) is 11.8 Å². The summed E-state index contributed by atoms with van der Waals surface area (Å²) < 4.78 is 7.10. The van der Waals surface area contributed by atoms with E-state index < -0.39 is 0 Å². The largest absolute Gasteiger partial charge is 0.461 e. The number of ether oxygens (including phenoxy) is 1. The van der Waals surface area contributed by atoms with Gasteiger partial charge in [0.1, 0.15) is 5.69 Å². The molecule has 0 spiro atoms. The highest BCUT2D eigenvalue weighted by atomic mass is 16.5. The molecule has 0 radical (unpaired) electrons. The molecular weight excluding hydrogens is 324 g/mol. The Kier molecular flexibility index (Phi) is 3.91. The van der Waals surface area contributed by atoms with Gasteiger partial charge in [-0.3, -0.25) is 0 Å². The molecule has 0 bridgehead atoms. The molecule has 0 aliphatic heterocycles. The van der Waals surface area contributed by atoms with Gasteiger partial charge in [0.2, 0.25) is 0 Å². The molecule has 0 N–H and O–H groups in total. The maximum absolute atomic E-state index is 12.5. The number of esters is 1. The number of aromatic nitrogens is 1. The maximum Gasteiger partial charge on any atom is 0.355 e. The Hall–Kier alpha value is -3.58. The van der Waals surface area contributed by atoms with Crippen molar-refractivity contribution in [2.45, 2.75) is 6.92 Å². The topological polar surface area (TPSA) is 55.0 Å². The molecule has 4 aromatic rings. The van der Waals surface area contributed by atoms with Crippen LogP contribution in [0.25, 0.3) is 27.4 Å². The van der Waals surface area contributed by atoms with Gasteiger partial charge in [0, 0.05) is 11.1 Å². The molecule has 126 valence electrons. The Morgan fingerprint density at radius 3 is 2.54 bits per heavy atom. The second kappa shape index (κ2) is 6.38.